The van der Waals surface area contributed by atoms with Crippen molar-refractivity contribution in [2.75, 3.05) is 24.5 Å². The molecular formula is C24H24FN5O. The van der Waals surface area contributed by atoms with E-state index in [0.717, 1.165) is 30.3 Å². The summed E-state index contributed by atoms with van der Waals surface area (Å²) in [5.41, 5.74) is 2.96. The van der Waals surface area contributed by atoms with Gasteiger partial charge >= 0.3 is 0 Å². The number of hydrogen-bond donors (Lipinski definition) is 0. The standard InChI is InChI=1S/C24H24FN5O/c1-15-12-16(2)28-24(27-15)30-13-17-9-11-29(14-21(17)30)23(31)18-6-5-7-19(25)22(18)20-8-3-4-10-26-20/h3-8,10,12,17,21H,9,11,13-14H2,1-2H3/t17-,21-/m0/s1. The maximum absolute atomic E-state index is 14.7. The number of hydrogen-bond acceptors (Lipinski definition) is 5. The summed E-state index contributed by atoms with van der Waals surface area (Å²) in [7, 11) is 0. The third-order valence-electron chi connectivity index (χ3n) is 6.23. The lowest BCUT2D eigenvalue weighted by atomic mass is 9.82. The Morgan fingerprint density at radius 3 is 2.61 bits per heavy atom. The Bertz CT molecular complexity index is 1120. The quantitative estimate of drug-likeness (QED) is 0.651. The van der Waals surface area contributed by atoms with Gasteiger partial charge in [-0.25, -0.2) is 14.4 Å². The van der Waals surface area contributed by atoms with Gasteiger partial charge in [-0.05, 0) is 50.6 Å². The number of likely N-dealkylation sites (tertiary alicyclic amines) is 1. The van der Waals surface area contributed by atoms with Crippen LogP contribution in [0.2, 0.25) is 0 Å². The van der Waals surface area contributed by atoms with Gasteiger partial charge in [0.05, 0.1) is 17.3 Å². The normalized spacial score (nSPS) is 20.2. The highest BCUT2D eigenvalue weighted by molar-refractivity contribution is 6.00. The second-order valence-corrected chi connectivity index (χ2v) is 8.35. The van der Waals surface area contributed by atoms with Crippen LogP contribution < -0.4 is 4.90 Å². The zero-order valence-electron chi connectivity index (χ0n) is 17.6. The van der Waals surface area contributed by atoms with Gasteiger partial charge in [0.2, 0.25) is 5.95 Å². The molecule has 0 saturated carbocycles. The van der Waals surface area contributed by atoms with Crippen LogP contribution in [0.4, 0.5) is 10.3 Å². The van der Waals surface area contributed by atoms with Crippen molar-refractivity contribution in [1.29, 1.82) is 0 Å². The van der Waals surface area contributed by atoms with Gasteiger partial charge in [-0.3, -0.25) is 9.78 Å². The second kappa shape index (κ2) is 7.72. The SMILES string of the molecule is Cc1cc(C)nc(N2C[C@@H]3CCN(C(=O)c4cccc(F)c4-c4ccccn4)C[C@@H]32)n1. The minimum absolute atomic E-state index is 0.160. The molecule has 4 heterocycles. The molecule has 31 heavy (non-hydrogen) atoms. The summed E-state index contributed by atoms with van der Waals surface area (Å²) in [6, 6.07) is 12.1. The van der Waals surface area contributed by atoms with Crippen LogP contribution in [0.25, 0.3) is 11.3 Å². The number of anilines is 1. The summed E-state index contributed by atoms with van der Waals surface area (Å²) >= 11 is 0. The van der Waals surface area contributed by atoms with Crippen molar-refractivity contribution in [2.24, 2.45) is 5.92 Å². The highest BCUT2D eigenvalue weighted by Crippen LogP contribution is 2.36. The van der Waals surface area contributed by atoms with Crippen LogP contribution in [0.5, 0.6) is 0 Å². The molecule has 0 aliphatic carbocycles. The molecule has 2 aliphatic heterocycles. The number of halogens is 1. The van der Waals surface area contributed by atoms with Crippen molar-refractivity contribution in [3.8, 4) is 11.3 Å². The summed E-state index contributed by atoms with van der Waals surface area (Å²) in [6.07, 6.45) is 2.53. The number of piperidine rings is 1. The molecule has 2 saturated heterocycles. The van der Waals surface area contributed by atoms with Crippen LogP contribution in [-0.2, 0) is 0 Å². The zero-order valence-corrected chi connectivity index (χ0v) is 17.6. The first-order valence-electron chi connectivity index (χ1n) is 10.6. The van der Waals surface area contributed by atoms with Gasteiger partial charge in [0.1, 0.15) is 5.82 Å². The third kappa shape index (κ3) is 3.54. The molecule has 5 rings (SSSR count). The molecule has 158 valence electrons. The molecule has 2 atom stereocenters. The maximum atomic E-state index is 14.7. The topological polar surface area (TPSA) is 62.2 Å². The van der Waals surface area contributed by atoms with Gasteiger partial charge in [0.15, 0.2) is 0 Å². The number of carbonyl (C=O) groups is 1. The number of carbonyl (C=O) groups excluding carboxylic acids is 1. The van der Waals surface area contributed by atoms with Crippen LogP contribution in [0, 0.1) is 25.6 Å². The van der Waals surface area contributed by atoms with Crippen molar-refractivity contribution >= 4 is 11.9 Å². The van der Waals surface area contributed by atoms with Crippen molar-refractivity contribution in [3.05, 3.63) is 71.4 Å². The van der Waals surface area contributed by atoms with Gasteiger partial charge in [-0.2, -0.15) is 0 Å². The number of aromatic nitrogens is 3. The van der Waals surface area contributed by atoms with Crippen molar-refractivity contribution < 1.29 is 9.18 Å². The lowest BCUT2D eigenvalue weighted by Gasteiger charge is -2.53. The predicted octanol–water partition coefficient (Wildman–Crippen LogP) is 3.65. The Hall–Kier alpha value is -3.35. The highest BCUT2D eigenvalue weighted by Gasteiger charge is 2.45. The molecule has 2 fully saturated rings. The Morgan fingerprint density at radius 1 is 1.06 bits per heavy atom. The van der Waals surface area contributed by atoms with Gasteiger partial charge in [0, 0.05) is 48.7 Å². The Balaban J connectivity index is 1.41. The Morgan fingerprint density at radius 2 is 1.87 bits per heavy atom. The summed E-state index contributed by atoms with van der Waals surface area (Å²) in [6.45, 7) is 6.09. The first-order valence-corrected chi connectivity index (χ1v) is 10.6. The minimum Gasteiger partial charge on any atom is -0.337 e. The number of rotatable bonds is 3. The molecule has 0 bridgehead atoms. The smallest absolute Gasteiger partial charge is 0.254 e. The first kappa shape index (κ1) is 19.6. The summed E-state index contributed by atoms with van der Waals surface area (Å²) < 4.78 is 14.7. The molecule has 0 N–H and O–H groups in total. The summed E-state index contributed by atoms with van der Waals surface area (Å²) in [5, 5.41) is 0. The minimum atomic E-state index is -0.437. The molecule has 0 spiro atoms. The number of pyridine rings is 1. The highest BCUT2D eigenvalue weighted by atomic mass is 19.1. The van der Waals surface area contributed by atoms with Crippen LogP contribution >= 0.6 is 0 Å². The van der Waals surface area contributed by atoms with Crippen LogP contribution in [0.1, 0.15) is 28.2 Å². The number of nitrogens with zero attached hydrogens (tertiary/aromatic N) is 5. The fourth-order valence-electron chi connectivity index (χ4n) is 4.69. The Labute approximate surface area is 180 Å². The summed E-state index contributed by atoms with van der Waals surface area (Å²) in [4.78, 5) is 30.9. The van der Waals surface area contributed by atoms with E-state index < -0.39 is 5.82 Å². The lowest BCUT2D eigenvalue weighted by Crippen LogP contribution is -2.65. The second-order valence-electron chi connectivity index (χ2n) is 8.35. The molecule has 7 heteroatoms. The van der Waals surface area contributed by atoms with Gasteiger partial charge < -0.3 is 9.80 Å². The summed E-state index contributed by atoms with van der Waals surface area (Å²) in [5.74, 6) is 0.657. The first-order chi connectivity index (χ1) is 15.0. The monoisotopic (exact) mass is 417 g/mol. The molecular weight excluding hydrogens is 393 g/mol. The van der Waals surface area contributed by atoms with Crippen LogP contribution in [0.15, 0.2) is 48.7 Å². The fourth-order valence-corrected chi connectivity index (χ4v) is 4.69. The number of amides is 1. The van der Waals surface area contributed by atoms with Gasteiger partial charge in [-0.1, -0.05) is 12.1 Å². The van der Waals surface area contributed by atoms with E-state index in [1.165, 1.54) is 6.07 Å². The van der Waals surface area contributed by atoms with E-state index >= 15 is 0 Å². The fraction of sp³-hybridized carbons (Fsp3) is 0.333. The largest absolute Gasteiger partial charge is 0.337 e. The van der Waals surface area contributed by atoms with E-state index in [9.17, 15) is 9.18 Å². The molecule has 2 aromatic heterocycles. The van der Waals surface area contributed by atoms with Crippen molar-refractivity contribution in [1.82, 2.24) is 19.9 Å². The van der Waals surface area contributed by atoms with Crippen LogP contribution in [-0.4, -0.2) is 51.4 Å². The molecule has 0 radical (unpaired) electrons. The lowest BCUT2D eigenvalue weighted by molar-refractivity contribution is 0.0589. The van der Waals surface area contributed by atoms with Crippen molar-refractivity contribution in [2.45, 2.75) is 26.3 Å². The Kier molecular flexibility index (Phi) is 4.88. The molecule has 0 unspecified atom stereocenters. The number of aryl methyl sites for hydroxylation is 2. The molecule has 2 aliphatic rings. The van der Waals surface area contributed by atoms with E-state index in [1.54, 1.807) is 36.5 Å². The van der Waals surface area contributed by atoms with E-state index in [1.807, 2.05) is 24.8 Å². The van der Waals surface area contributed by atoms with E-state index in [0.29, 0.717) is 30.3 Å². The van der Waals surface area contributed by atoms with Crippen molar-refractivity contribution in [3.63, 3.8) is 0 Å². The maximum Gasteiger partial charge on any atom is 0.254 e. The van der Waals surface area contributed by atoms with Crippen LogP contribution in [0.3, 0.4) is 0 Å². The predicted molar refractivity (Wildman–Crippen MR) is 116 cm³/mol. The van der Waals surface area contributed by atoms with Gasteiger partial charge in [-0.15, -0.1) is 0 Å². The van der Waals surface area contributed by atoms with Gasteiger partial charge in [0.25, 0.3) is 5.91 Å². The number of fused-ring (bicyclic) bond motifs is 1. The average Bonchev–Trinajstić information content (AvgIpc) is 2.74. The molecule has 3 aromatic rings. The molecule has 1 aromatic carbocycles. The van der Waals surface area contributed by atoms with E-state index in [4.69, 9.17) is 0 Å². The van der Waals surface area contributed by atoms with E-state index in [2.05, 4.69) is 19.9 Å². The zero-order chi connectivity index (χ0) is 21.5. The average molecular weight is 417 g/mol. The number of benzene rings is 1. The van der Waals surface area contributed by atoms with E-state index in [-0.39, 0.29) is 17.5 Å². The molecule has 1 amide bonds. The molecule has 6 nitrogen and oxygen atoms in total. The third-order valence-corrected chi connectivity index (χ3v) is 6.23.